The van der Waals surface area contributed by atoms with Crippen LogP contribution in [0.25, 0.3) is 0 Å². The van der Waals surface area contributed by atoms with E-state index in [1.165, 1.54) is 4.90 Å². The molecule has 86 valence electrons. The topological polar surface area (TPSA) is 40.5 Å². The molecular formula is C12H14FNO2. The van der Waals surface area contributed by atoms with E-state index in [1.807, 2.05) is 6.07 Å². The van der Waals surface area contributed by atoms with Gasteiger partial charge in [0, 0.05) is 12.1 Å². The average molecular weight is 223 g/mol. The summed E-state index contributed by atoms with van der Waals surface area (Å²) in [4.78, 5) is 13.4. The number of aliphatic hydroxyl groups excluding tert-OH is 1. The van der Waals surface area contributed by atoms with Gasteiger partial charge >= 0.3 is 0 Å². The largest absolute Gasteiger partial charge is 0.390 e. The maximum Gasteiger partial charge on any atom is 0.253 e. The van der Waals surface area contributed by atoms with Gasteiger partial charge in [0.25, 0.3) is 5.91 Å². The number of amides is 1. The first-order valence-electron chi connectivity index (χ1n) is 5.35. The standard InChI is InChI=1S/C12H14FNO2/c13-10-8-14(7-6-11(10)15)12(16)9-4-2-1-3-5-9/h1-5,10-11,15H,6-8H2/t10-,11+/m1/s1. The summed E-state index contributed by atoms with van der Waals surface area (Å²) in [6.07, 6.45) is -1.96. The summed E-state index contributed by atoms with van der Waals surface area (Å²) in [6.45, 7) is 0.393. The number of aliphatic hydroxyl groups is 1. The van der Waals surface area contributed by atoms with Crippen LogP contribution in [0.5, 0.6) is 0 Å². The molecule has 3 nitrogen and oxygen atoms in total. The summed E-state index contributed by atoms with van der Waals surface area (Å²) >= 11 is 0. The van der Waals surface area contributed by atoms with Crippen LogP contribution >= 0.6 is 0 Å². The Morgan fingerprint density at radius 1 is 1.38 bits per heavy atom. The Kier molecular flexibility index (Phi) is 3.19. The molecule has 0 bridgehead atoms. The van der Waals surface area contributed by atoms with Gasteiger partial charge in [-0.1, -0.05) is 18.2 Å². The van der Waals surface area contributed by atoms with Crippen molar-refractivity contribution in [3.63, 3.8) is 0 Å². The van der Waals surface area contributed by atoms with E-state index in [0.29, 0.717) is 18.5 Å². The minimum atomic E-state index is -1.33. The molecule has 1 amide bonds. The summed E-state index contributed by atoms with van der Waals surface area (Å²) in [7, 11) is 0. The van der Waals surface area contributed by atoms with Crippen molar-refractivity contribution in [3.05, 3.63) is 35.9 Å². The van der Waals surface area contributed by atoms with Crippen molar-refractivity contribution < 1.29 is 14.3 Å². The summed E-state index contributed by atoms with van der Waals surface area (Å²) in [5, 5.41) is 9.23. The van der Waals surface area contributed by atoms with Crippen LogP contribution in [0.15, 0.2) is 30.3 Å². The second kappa shape index (κ2) is 4.61. The molecule has 1 fully saturated rings. The van der Waals surface area contributed by atoms with E-state index in [9.17, 15) is 14.3 Å². The Balaban J connectivity index is 2.06. The molecule has 0 spiro atoms. The van der Waals surface area contributed by atoms with Gasteiger partial charge in [0.1, 0.15) is 6.17 Å². The zero-order valence-corrected chi connectivity index (χ0v) is 8.84. The Morgan fingerprint density at radius 2 is 2.06 bits per heavy atom. The van der Waals surface area contributed by atoms with E-state index in [0.717, 1.165) is 0 Å². The molecule has 1 aromatic rings. The number of carbonyl (C=O) groups excluding carboxylic acids is 1. The van der Waals surface area contributed by atoms with Gasteiger partial charge in [-0.2, -0.15) is 0 Å². The molecule has 1 aliphatic heterocycles. The molecule has 1 aromatic carbocycles. The molecule has 0 saturated carbocycles. The fraction of sp³-hybridized carbons (Fsp3) is 0.417. The Bertz CT molecular complexity index is 369. The number of alkyl halides is 1. The first-order chi connectivity index (χ1) is 7.68. The molecule has 0 radical (unpaired) electrons. The van der Waals surface area contributed by atoms with Crippen molar-refractivity contribution in [2.24, 2.45) is 0 Å². The normalized spacial score (nSPS) is 25.5. The van der Waals surface area contributed by atoms with E-state index in [4.69, 9.17) is 0 Å². The first-order valence-corrected chi connectivity index (χ1v) is 5.35. The Morgan fingerprint density at radius 3 is 2.69 bits per heavy atom. The van der Waals surface area contributed by atoms with Crippen molar-refractivity contribution in [1.82, 2.24) is 4.90 Å². The highest BCUT2D eigenvalue weighted by Gasteiger charge is 2.30. The van der Waals surface area contributed by atoms with E-state index >= 15 is 0 Å². The fourth-order valence-electron chi connectivity index (χ4n) is 1.84. The minimum absolute atomic E-state index is 0.0190. The van der Waals surface area contributed by atoms with Crippen molar-refractivity contribution in [1.29, 1.82) is 0 Å². The van der Waals surface area contributed by atoms with Crippen LogP contribution in [0.4, 0.5) is 4.39 Å². The number of carbonyl (C=O) groups is 1. The molecule has 2 rings (SSSR count). The summed E-state index contributed by atoms with van der Waals surface area (Å²) in [5.41, 5.74) is 0.561. The third kappa shape index (κ3) is 2.22. The summed E-state index contributed by atoms with van der Waals surface area (Å²) in [6, 6.07) is 8.80. The van der Waals surface area contributed by atoms with Gasteiger partial charge in [0.05, 0.1) is 12.6 Å². The molecule has 16 heavy (non-hydrogen) atoms. The van der Waals surface area contributed by atoms with Crippen molar-refractivity contribution in [2.75, 3.05) is 13.1 Å². The molecule has 1 heterocycles. The smallest absolute Gasteiger partial charge is 0.253 e. The molecule has 1 N–H and O–H groups in total. The van der Waals surface area contributed by atoms with Crippen molar-refractivity contribution >= 4 is 5.91 Å². The third-order valence-corrected chi connectivity index (χ3v) is 2.82. The monoisotopic (exact) mass is 223 g/mol. The SMILES string of the molecule is O=C(c1ccccc1)N1CC[C@H](O)[C@H](F)C1. The summed E-state index contributed by atoms with van der Waals surface area (Å²) < 4.78 is 13.3. The quantitative estimate of drug-likeness (QED) is 0.778. The molecule has 0 unspecified atom stereocenters. The molecule has 1 aliphatic rings. The number of rotatable bonds is 1. The van der Waals surface area contributed by atoms with Gasteiger partial charge in [-0.25, -0.2) is 4.39 Å². The third-order valence-electron chi connectivity index (χ3n) is 2.82. The maximum atomic E-state index is 13.3. The molecule has 1 saturated heterocycles. The van der Waals surface area contributed by atoms with Crippen LogP contribution in [0, 0.1) is 0 Å². The molecule has 0 aliphatic carbocycles. The summed E-state index contributed by atoms with van der Waals surface area (Å²) in [5.74, 6) is -0.171. The zero-order chi connectivity index (χ0) is 11.5. The van der Waals surface area contributed by atoms with E-state index in [1.54, 1.807) is 24.3 Å². The van der Waals surface area contributed by atoms with E-state index < -0.39 is 12.3 Å². The van der Waals surface area contributed by atoms with Gasteiger partial charge in [-0.3, -0.25) is 4.79 Å². The first kappa shape index (κ1) is 11.1. The molecule has 4 heteroatoms. The second-order valence-electron chi connectivity index (χ2n) is 3.99. The van der Waals surface area contributed by atoms with Crippen LogP contribution in [-0.4, -0.2) is 41.3 Å². The highest BCUT2D eigenvalue weighted by atomic mass is 19.1. The van der Waals surface area contributed by atoms with Gasteiger partial charge in [-0.15, -0.1) is 0 Å². The highest BCUT2D eigenvalue weighted by molar-refractivity contribution is 5.94. The minimum Gasteiger partial charge on any atom is -0.390 e. The number of nitrogens with zero attached hydrogens (tertiary/aromatic N) is 1. The lowest BCUT2D eigenvalue weighted by Gasteiger charge is -2.32. The number of hydrogen-bond acceptors (Lipinski definition) is 2. The Hall–Kier alpha value is -1.42. The lowest BCUT2D eigenvalue weighted by atomic mass is 10.0. The van der Waals surface area contributed by atoms with Crippen LogP contribution in [0.1, 0.15) is 16.8 Å². The van der Waals surface area contributed by atoms with Crippen LogP contribution < -0.4 is 0 Å². The lowest BCUT2D eigenvalue weighted by molar-refractivity contribution is 0.00826. The predicted molar refractivity (Wildman–Crippen MR) is 57.9 cm³/mol. The van der Waals surface area contributed by atoms with Gasteiger partial charge in [0.2, 0.25) is 0 Å². The highest BCUT2D eigenvalue weighted by Crippen LogP contribution is 2.16. The second-order valence-corrected chi connectivity index (χ2v) is 3.99. The number of hydrogen-bond donors (Lipinski definition) is 1. The number of piperidine rings is 1. The predicted octanol–water partition coefficient (Wildman–Crippen LogP) is 1.23. The fourth-order valence-corrected chi connectivity index (χ4v) is 1.84. The zero-order valence-electron chi connectivity index (χ0n) is 8.84. The van der Waals surface area contributed by atoms with Crippen LogP contribution in [0.2, 0.25) is 0 Å². The molecular weight excluding hydrogens is 209 g/mol. The number of likely N-dealkylation sites (tertiary alicyclic amines) is 1. The molecule has 0 aromatic heterocycles. The van der Waals surface area contributed by atoms with E-state index in [-0.39, 0.29) is 12.5 Å². The van der Waals surface area contributed by atoms with Gasteiger partial charge < -0.3 is 10.0 Å². The van der Waals surface area contributed by atoms with Gasteiger partial charge in [-0.05, 0) is 18.6 Å². The van der Waals surface area contributed by atoms with Crippen molar-refractivity contribution in [3.8, 4) is 0 Å². The number of benzene rings is 1. The van der Waals surface area contributed by atoms with E-state index in [2.05, 4.69) is 0 Å². The number of halogens is 1. The average Bonchev–Trinajstić information content (AvgIpc) is 2.33. The lowest BCUT2D eigenvalue weighted by Crippen LogP contribution is -2.47. The Labute approximate surface area is 93.5 Å². The van der Waals surface area contributed by atoms with Crippen molar-refractivity contribution in [2.45, 2.75) is 18.7 Å². The van der Waals surface area contributed by atoms with Crippen LogP contribution in [-0.2, 0) is 0 Å². The van der Waals surface area contributed by atoms with Crippen LogP contribution in [0.3, 0.4) is 0 Å². The maximum absolute atomic E-state index is 13.3. The molecule has 2 atom stereocenters. The van der Waals surface area contributed by atoms with Gasteiger partial charge in [0.15, 0.2) is 0 Å².